The first kappa shape index (κ1) is 15.0. The summed E-state index contributed by atoms with van der Waals surface area (Å²) >= 11 is 0. The van der Waals surface area contributed by atoms with Crippen LogP contribution in [0.25, 0.3) is 0 Å². The van der Waals surface area contributed by atoms with Gasteiger partial charge in [-0.3, -0.25) is 9.69 Å². The van der Waals surface area contributed by atoms with Crippen molar-refractivity contribution in [3.8, 4) is 0 Å². The molecule has 1 aromatic rings. The van der Waals surface area contributed by atoms with Crippen LogP contribution in [-0.4, -0.2) is 60.8 Å². The fourth-order valence-electron chi connectivity index (χ4n) is 2.47. The molecule has 1 aliphatic rings. The minimum Gasteiger partial charge on any atom is -0.469 e. The molecule has 1 fully saturated rings. The van der Waals surface area contributed by atoms with E-state index in [0.29, 0.717) is 6.42 Å². The van der Waals surface area contributed by atoms with Gasteiger partial charge in [-0.2, -0.15) is 0 Å². The number of methoxy groups -OCH3 is 1. The first-order valence-corrected chi connectivity index (χ1v) is 7.03. The highest BCUT2D eigenvalue weighted by molar-refractivity contribution is 5.69. The van der Waals surface area contributed by atoms with E-state index in [0.717, 1.165) is 50.7 Å². The van der Waals surface area contributed by atoms with Gasteiger partial charge in [0, 0.05) is 44.8 Å². The molecule has 0 atom stereocenters. The molecule has 0 radical (unpaired) electrons. The van der Waals surface area contributed by atoms with Crippen molar-refractivity contribution in [1.82, 2.24) is 15.0 Å². The molecular formula is C14H23N3O3. The van der Waals surface area contributed by atoms with Gasteiger partial charge in [-0.1, -0.05) is 5.16 Å². The summed E-state index contributed by atoms with van der Waals surface area (Å²) in [6.07, 6.45) is 0.473. The summed E-state index contributed by atoms with van der Waals surface area (Å²) in [4.78, 5) is 15.8. The summed E-state index contributed by atoms with van der Waals surface area (Å²) in [6, 6.07) is 0. The smallest absolute Gasteiger partial charge is 0.306 e. The normalized spacial score (nSPS) is 17.4. The SMILES string of the molecule is COC(=O)CCN1CCN(Cc2c(C)noc2C)CC1. The fraction of sp³-hybridized carbons (Fsp3) is 0.714. The number of rotatable bonds is 5. The number of hydrogen-bond acceptors (Lipinski definition) is 6. The Bertz CT molecular complexity index is 431. The highest BCUT2D eigenvalue weighted by Crippen LogP contribution is 2.16. The number of piperazine rings is 1. The molecule has 0 amide bonds. The molecule has 0 unspecified atom stereocenters. The van der Waals surface area contributed by atoms with Gasteiger partial charge in [-0.25, -0.2) is 0 Å². The molecule has 112 valence electrons. The Morgan fingerprint density at radius 3 is 2.45 bits per heavy atom. The first-order chi connectivity index (χ1) is 9.60. The third-order valence-corrected chi connectivity index (χ3v) is 3.89. The van der Waals surface area contributed by atoms with E-state index in [1.807, 2.05) is 13.8 Å². The Hall–Kier alpha value is -1.40. The minimum absolute atomic E-state index is 0.136. The van der Waals surface area contributed by atoms with Crippen LogP contribution in [0.5, 0.6) is 0 Å². The second-order valence-corrected chi connectivity index (χ2v) is 5.25. The molecule has 20 heavy (non-hydrogen) atoms. The van der Waals surface area contributed by atoms with Crippen molar-refractivity contribution in [3.05, 3.63) is 17.0 Å². The van der Waals surface area contributed by atoms with Crippen LogP contribution in [0.15, 0.2) is 4.52 Å². The lowest BCUT2D eigenvalue weighted by Gasteiger charge is -2.34. The van der Waals surface area contributed by atoms with E-state index in [1.165, 1.54) is 12.7 Å². The predicted octanol–water partition coefficient (Wildman–Crippen LogP) is 0.972. The van der Waals surface area contributed by atoms with E-state index in [9.17, 15) is 4.79 Å². The second kappa shape index (κ2) is 6.85. The summed E-state index contributed by atoms with van der Waals surface area (Å²) in [5, 5.41) is 3.99. The van der Waals surface area contributed by atoms with Gasteiger partial charge in [0.2, 0.25) is 0 Å². The number of carbonyl (C=O) groups is 1. The summed E-state index contributed by atoms with van der Waals surface area (Å²) in [5.74, 6) is 0.777. The highest BCUT2D eigenvalue weighted by atomic mass is 16.5. The number of aromatic nitrogens is 1. The highest BCUT2D eigenvalue weighted by Gasteiger charge is 2.20. The standard InChI is InChI=1S/C14H23N3O3/c1-11-13(12(2)20-15-11)10-17-8-6-16(7-9-17)5-4-14(18)19-3/h4-10H2,1-3H3. The monoisotopic (exact) mass is 281 g/mol. The number of hydrogen-bond donors (Lipinski definition) is 0. The zero-order chi connectivity index (χ0) is 14.5. The molecule has 1 saturated heterocycles. The number of nitrogens with zero attached hydrogens (tertiary/aromatic N) is 3. The third-order valence-electron chi connectivity index (χ3n) is 3.89. The Morgan fingerprint density at radius 1 is 1.25 bits per heavy atom. The molecule has 6 heteroatoms. The van der Waals surface area contributed by atoms with Crippen LogP contribution >= 0.6 is 0 Å². The molecule has 0 saturated carbocycles. The lowest BCUT2D eigenvalue weighted by Crippen LogP contribution is -2.46. The molecule has 0 bridgehead atoms. The number of carbonyl (C=O) groups excluding carboxylic acids is 1. The van der Waals surface area contributed by atoms with E-state index >= 15 is 0 Å². The van der Waals surface area contributed by atoms with Crippen LogP contribution in [0.1, 0.15) is 23.4 Å². The van der Waals surface area contributed by atoms with Gasteiger partial charge >= 0.3 is 5.97 Å². The Morgan fingerprint density at radius 2 is 1.90 bits per heavy atom. The van der Waals surface area contributed by atoms with E-state index in [2.05, 4.69) is 19.7 Å². The lowest BCUT2D eigenvalue weighted by molar-refractivity contribution is -0.141. The van der Waals surface area contributed by atoms with Crippen LogP contribution in [0, 0.1) is 13.8 Å². The van der Waals surface area contributed by atoms with Crippen LogP contribution in [0.4, 0.5) is 0 Å². The van der Waals surface area contributed by atoms with Crippen molar-refractivity contribution in [2.24, 2.45) is 0 Å². The van der Waals surface area contributed by atoms with Gasteiger partial charge < -0.3 is 14.2 Å². The van der Waals surface area contributed by atoms with Gasteiger partial charge in [0.25, 0.3) is 0 Å². The third kappa shape index (κ3) is 3.80. The summed E-state index contributed by atoms with van der Waals surface area (Å²) in [6.45, 7) is 9.61. The Labute approximate surface area is 119 Å². The quantitative estimate of drug-likeness (QED) is 0.750. The van der Waals surface area contributed by atoms with Gasteiger partial charge in [0.05, 0.1) is 19.2 Å². The van der Waals surface area contributed by atoms with Crippen molar-refractivity contribution in [3.63, 3.8) is 0 Å². The Balaban J connectivity index is 1.76. The summed E-state index contributed by atoms with van der Waals surface area (Å²) in [7, 11) is 1.43. The zero-order valence-electron chi connectivity index (χ0n) is 12.5. The van der Waals surface area contributed by atoms with Crippen LogP contribution < -0.4 is 0 Å². The van der Waals surface area contributed by atoms with Gasteiger partial charge in [-0.15, -0.1) is 0 Å². The maximum Gasteiger partial charge on any atom is 0.306 e. The maximum atomic E-state index is 11.1. The van der Waals surface area contributed by atoms with Crippen molar-refractivity contribution < 1.29 is 14.1 Å². The summed E-state index contributed by atoms with van der Waals surface area (Å²) < 4.78 is 9.86. The zero-order valence-corrected chi connectivity index (χ0v) is 12.5. The van der Waals surface area contributed by atoms with Crippen LogP contribution in [-0.2, 0) is 16.1 Å². The summed E-state index contributed by atoms with van der Waals surface area (Å²) in [5.41, 5.74) is 2.18. The van der Waals surface area contributed by atoms with E-state index in [4.69, 9.17) is 4.52 Å². The molecule has 0 aliphatic carbocycles. The molecule has 1 aromatic heterocycles. The predicted molar refractivity (Wildman–Crippen MR) is 74.3 cm³/mol. The number of esters is 1. The van der Waals surface area contributed by atoms with Crippen molar-refractivity contribution in [2.45, 2.75) is 26.8 Å². The topological polar surface area (TPSA) is 58.8 Å². The van der Waals surface area contributed by atoms with Gasteiger partial charge in [-0.05, 0) is 13.8 Å². The fourth-order valence-corrected chi connectivity index (χ4v) is 2.47. The van der Waals surface area contributed by atoms with Gasteiger partial charge in [0.15, 0.2) is 0 Å². The van der Waals surface area contributed by atoms with E-state index in [1.54, 1.807) is 0 Å². The van der Waals surface area contributed by atoms with Crippen LogP contribution in [0.2, 0.25) is 0 Å². The molecule has 0 N–H and O–H groups in total. The lowest BCUT2D eigenvalue weighted by atomic mass is 10.2. The number of ether oxygens (including phenoxy) is 1. The largest absolute Gasteiger partial charge is 0.469 e. The first-order valence-electron chi connectivity index (χ1n) is 7.03. The average molecular weight is 281 g/mol. The molecule has 0 spiro atoms. The average Bonchev–Trinajstić information content (AvgIpc) is 2.78. The molecule has 6 nitrogen and oxygen atoms in total. The van der Waals surface area contributed by atoms with Gasteiger partial charge in [0.1, 0.15) is 5.76 Å². The molecule has 2 heterocycles. The molecule has 0 aromatic carbocycles. The molecule has 2 rings (SSSR count). The van der Waals surface area contributed by atoms with Crippen LogP contribution in [0.3, 0.4) is 0 Å². The van der Waals surface area contributed by atoms with Crippen molar-refractivity contribution >= 4 is 5.97 Å². The maximum absolute atomic E-state index is 11.1. The second-order valence-electron chi connectivity index (χ2n) is 5.25. The van der Waals surface area contributed by atoms with Crippen molar-refractivity contribution in [2.75, 3.05) is 39.8 Å². The molecular weight excluding hydrogens is 258 g/mol. The minimum atomic E-state index is -0.136. The van der Waals surface area contributed by atoms with E-state index in [-0.39, 0.29) is 5.97 Å². The number of aryl methyl sites for hydroxylation is 2. The molecule has 1 aliphatic heterocycles. The van der Waals surface area contributed by atoms with Crippen molar-refractivity contribution in [1.29, 1.82) is 0 Å². The Kier molecular flexibility index (Phi) is 5.14. The van der Waals surface area contributed by atoms with E-state index < -0.39 is 0 Å².